The van der Waals surface area contributed by atoms with Gasteiger partial charge in [-0.3, -0.25) is 0 Å². The summed E-state index contributed by atoms with van der Waals surface area (Å²) in [4.78, 5) is 2.15. The molecule has 1 rings (SSSR count). The van der Waals surface area contributed by atoms with Crippen molar-refractivity contribution in [1.29, 1.82) is 0 Å². The molecule has 2 atom stereocenters. The third-order valence-corrected chi connectivity index (χ3v) is 3.95. The third-order valence-electron chi connectivity index (χ3n) is 3.95. The van der Waals surface area contributed by atoms with Crippen molar-refractivity contribution in [2.45, 2.75) is 38.8 Å². The first-order valence-corrected chi connectivity index (χ1v) is 6.91. The lowest BCUT2D eigenvalue weighted by atomic mass is 9.79. The normalized spacial score (nSPS) is 25.7. The number of likely N-dealkylation sites (N-methyl/N-ethyl adjacent to an activating group) is 1. The molecule has 1 fully saturated rings. The van der Waals surface area contributed by atoms with E-state index in [1.165, 1.54) is 0 Å². The maximum absolute atomic E-state index is 12.8. The summed E-state index contributed by atoms with van der Waals surface area (Å²) in [6.45, 7) is 5.20. The molecule has 18 heavy (non-hydrogen) atoms. The number of hydrogen-bond acceptors (Lipinski definition) is 2. The van der Waals surface area contributed by atoms with E-state index in [1.807, 2.05) is 7.05 Å². The first-order valence-electron chi connectivity index (χ1n) is 6.91. The second-order valence-electron chi connectivity index (χ2n) is 5.29. The van der Waals surface area contributed by atoms with Gasteiger partial charge in [0.15, 0.2) is 0 Å². The summed E-state index contributed by atoms with van der Waals surface area (Å²) in [5.41, 5.74) is 0. The van der Waals surface area contributed by atoms with Crippen LogP contribution in [0.1, 0.15) is 32.6 Å². The fourth-order valence-corrected chi connectivity index (χ4v) is 2.60. The molecule has 2 unspecified atom stereocenters. The number of rotatable bonds is 6. The summed E-state index contributed by atoms with van der Waals surface area (Å²) in [5.74, 6) is -1.33. The van der Waals surface area contributed by atoms with Crippen molar-refractivity contribution >= 4 is 0 Å². The van der Waals surface area contributed by atoms with Gasteiger partial charge in [0.05, 0.1) is 5.92 Å². The average Bonchev–Trinajstić information content (AvgIpc) is 2.33. The zero-order valence-electron chi connectivity index (χ0n) is 11.4. The Labute approximate surface area is 108 Å². The highest BCUT2D eigenvalue weighted by Crippen LogP contribution is 2.41. The average molecular weight is 266 g/mol. The summed E-state index contributed by atoms with van der Waals surface area (Å²) < 4.78 is 38.5. The Morgan fingerprint density at radius 1 is 1.22 bits per heavy atom. The quantitative estimate of drug-likeness (QED) is 0.744. The van der Waals surface area contributed by atoms with Crippen LogP contribution < -0.4 is 5.32 Å². The van der Waals surface area contributed by atoms with Crippen molar-refractivity contribution in [3.05, 3.63) is 0 Å². The lowest BCUT2D eigenvalue weighted by Crippen LogP contribution is -2.40. The Kier molecular flexibility index (Phi) is 6.43. The Hall–Kier alpha value is -0.290. The van der Waals surface area contributed by atoms with E-state index >= 15 is 0 Å². The SMILES string of the molecule is CCN(C)CCNCC1CCCCC1C(F)(F)F. The van der Waals surface area contributed by atoms with Crippen LogP contribution in [0.25, 0.3) is 0 Å². The number of halogens is 3. The minimum Gasteiger partial charge on any atom is -0.315 e. The molecule has 108 valence electrons. The number of nitrogens with one attached hydrogen (secondary N) is 1. The van der Waals surface area contributed by atoms with Crippen LogP contribution in [-0.4, -0.2) is 44.3 Å². The summed E-state index contributed by atoms with van der Waals surface area (Å²) in [5, 5.41) is 3.18. The first-order chi connectivity index (χ1) is 8.45. The van der Waals surface area contributed by atoms with E-state index < -0.39 is 12.1 Å². The van der Waals surface area contributed by atoms with Crippen molar-refractivity contribution in [3.63, 3.8) is 0 Å². The molecule has 0 aliphatic heterocycles. The largest absolute Gasteiger partial charge is 0.392 e. The molecule has 0 saturated heterocycles. The molecule has 0 heterocycles. The molecule has 0 aromatic carbocycles. The van der Waals surface area contributed by atoms with Crippen molar-refractivity contribution in [3.8, 4) is 0 Å². The van der Waals surface area contributed by atoms with Gasteiger partial charge in [0.25, 0.3) is 0 Å². The van der Waals surface area contributed by atoms with Gasteiger partial charge in [-0.15, -0.1) is 0 Å². The van der Waals surface area contributed by atoms with Gasteiger partial charge in [-0.25, -0.2) is 0 Å². The zero-order chi connectivity index (χ0) is 13.6. The van der Waals surface area contributed by atoms with Crippen LogP contribution in [0, 0.1) is 11.8 Å². The molecule has 5 heteroatoms. The van der Waals surface area contributed by atoms with E-state index in [0.717, 1.165) is 32.5 Å². The number of hydrogen-bond donors (Lipinski definition) is 1. The standard InChI is InChI=1S/C13H25F3N2/c1-3-18(2)9-8-17-10-11-6-4-5-7-12(11)13(14,15)16/h11-12,17H,3-10H2,1-2H3. The number of nitrogens with zero attached hydrogens (tertiary/aromatic N) is 1. The molecule has 0 aromatic heterocycles. The molecular formula is C13H25F3N2. The van der Waals surface area contributed by atoms with E-state index in [4.69, 9.17) is 0 Å². The van der Waals surface area contributed by atoms with Gasteiger partial charge >= 0.3 is 6.18 Å². The Morgan fingerprint density at radius 3 is 2.50 bits per heavy atom. The summed E-state index contributed by atoms with van der Waals surface area (Å²) in [6.07, 6.45) is -1.34. The van der Waals surface area contributed by atoms with E-state index in [9.17, 15) is 13.2 Å². The molecule has 1 aliphatic carbocycles. The van der Waals surface area contributed by atoms with Gasteiger partial charge in [0.2, 0.25) is 0 Å². The van der Waals surface area contributed by atoms with Crippen LogP contribution in [0.5, 0.6) is 0 Å². The highest BCUT2D eigenvalue weighted by Gasteiger charge is 2.44. The van der Waals surface area contributed by atoms with Gasteiger partial charge < -0.3 is 10.2 Å². The molecule has 0 spiro atoms. The van der Waals surface area contributed by atoms with E-state index in [1.54, 1.807) is 0 Å². The van der Waals surface area contributed by atoms with Crippen molar-refractivity contribution < 1.29 is 13.2 Å². The Morgan fingerprint density at radius 2 is 1.89 bits per heavy atom. The van der Waals surface area contributed by atoms with Gasteiger partial charge in [-0.2, -0.15) is 13.2 Å². The van der Waals surface area contributed by atoms with Gasteiger partial charge in [-0.05, 0) is 38.9 Å². The summed E-state index contributed by atoms with van der Waals surface area (Å²) >= 11 is 0. The Bertz CT molecular complexity index is 231. The van der Waals surface area contributed by atoms with E-state index in [0.29, 0.717) is 19.4 Å². The van der Waals surface area contributed by atoms with Crippen LogP contribution in [0.4, 0.5) is 13.2 Å². The van der Waals surface area contributed by atoms with Crippen LogP contribution in [0.15, 0.2) is 0 Å². The minimum absolute atomic E-state index is 0.231. The fraction of sp³-hybridized carbons (Fsp3) is 1.00. The van der Waals surface area contributed by atoms with Crippen LogP contribution in [-0.2, 0) is 0 Å². The van der Waals surface area contributed by atoms with Gasteiger partial charge in [0, 0.05) is 13.1 Å². The topological polar surface area (TPSA) is 15.3 Å². The Balaban J connectivity index is 2.30. The highest BCUT2D eigenvalue weighted by atomic mass is 19.4. The molecule has 0 amide bonds. The van der Waals surface area contributed by atoms with Crippen LogP contribution in [0.2, 0.25) is 0 Å². The molecule has 1 saturated carbocycles. The molecule has 1 N–H and O–H groups in total. The van der Waals surface area contributed by atoms with E-state index in [-0.39, 0.29) is 5.92 Å². The molecule has 0 bridgehead atoms. The molecular weight excluding hydrogens is 241 g/mol. The predicted octanol–water partition coefficient (Wildman–Crippen LogP) is 2.90. The fourth-order valence-electron chi connectivity index (χ4n) is 2.60. The van der Waals surface area contributed by atoms with Crippen LogP contribution >= 0.6 is 0 Å². The van der Waals surface area contributed by atoms with E-state index in [2.05, 4.69) is 17.1 Å². The predicted molar refractivity (Wildman–Crippen MR) is 67.5 cm³/mol. The zero-order valence-corrected chi connectivity index (χ0v) is 11.4. The first kappa shape index (κ1) is 15.8. The van der Waals surface area contributed by atoms with Gasteiger partial charge in [0.1, 0.15) is 0 Å². The highest BCUT2D eigenvalue weighted by molar-refractivity contribution is 4.82. The summed E-state index contributed by atoms with van der Waals surface area (Å²) in [7, 11) is 2.01. The van der Waals surface area contributed by atoms with Crippen molar-refractivity contribution in [2.75, 3.05) is 33.2 Å². The van der Waals surface area contributed by atoms with Crippen LogP contribution in [0.3, 0.4) is 0 Å². The molecule has 0 aromatic rings. The van der Waals surface area contributed by atoms with Gasteiger partial charge in [-0.1, -0.05) is 19.8 Å². The monoisotopic (exact) mass is 266 g/mol. The molecule has 0 radical (unpaired) electrons. The third kappa shape index (κ3) is 5.14. The minimum atomic E-state index is -4.02. The lowest BCUT2D eigenvalue weighted by molar-refractivity contribution is -0.195. The smallest absolute Gasteiger partial charge is 0.315 e. The maximum atomic E-state index is 12.8. The second-order valence-corrected chi connectivity index (χ2v) is 5.29. The molecule has 2 nitrogen and oxygen atoms in total. The van der Waals surface area contributed by atoms with Crippen molar-refractivity contribution in [1.82, 2.24) is 10.2 Å². The number of alkyl halides is 3. The second kappa shape index (κ2) is 7.34. The lowest BCUT2D eigenvalue weighted by Gasteiger charge is -2.33. The maximum Gasteiger partial charge on any atom is 0.392 e. The molecule has 1 aliphatic rings. The van der Waals surface area contributed by atoms with Crippen molar-refractivity contribution in [2.24, 2.45) is 11.8 Å². The summed E-state index contributed by atoms with van der Waals surface area (Å²) in [6, 6.07) is 0.